The summed E-state index contributed by atoms with van der Waals surface area (Å²) in [7, 11) is -4.08. The van der Waals surface area contributed by atoms with Gasteiger partial charge in [-0.1, -0.05) is 74.5 Å². The van der Waals surface area contributed by atoms with Gasteiger partial charge in [-0.05, 0) is 17.0 Å². The van der Waals surface area contributed by atoms with Gasteiger partial charge in [0.1, 0.15) is 6.04 Å². The van der Waals surface area contributed by atoms with Gasteiger partial charge in [0.15, 0.2) is 5.66 Å². The summed E-state index contributed by atoms with van der Waals surface area (Å²) in [6.07, 6.45) is -4.29. The van der Waals surface area contributed by atoms with E-state index in [0.29, 0.717) is 4.90 Å². The second-order valence-corrected chi connectivity index (χ2v) is 11.3. The van der Waals surface area contributed by atoms with Crippen LogP contribution in [-0.2, 0) is 30.8 Å². The van der Waals surface area contributed by atoms with Crippen LogP contribution < -0.4 is 5.32 Å². The SMILES string of the molecule is CC(=O)NC(Cc1ccccc1)(C(=O)C(F)(F)F)N1C(=O)C(C(C)C)N(S(C)(=O)=O)C=C1c1ccccc1. The van der Waals surface area contributed by atoms with Crippen LogP contribution in [0.3, 0.4) is 0 Å². The van der Waals surface area contributed by atoms with E-state index in [9.17, 15) is 36.0 Å². The van der Waals surface area contributed by atoms with Crippen molar-refractivity contribution < 1.29 is 36.0 Å². The summed E-state index contributed by atoms with van der Waals surface area (Å²) < 4.78 is 69.1. The second kappa shape index (κ2) is 10.6. The number of ketones is 1. The third-order valence-corrected chi connectivity index (χ3v) is 7.12. The third kappa shape index (κ3) is 5.74. The van der Waals surface area contributed by atoms with E-state index in [1.165, 1.54) is 38.1 Å². The number of halogens is 3. The van der Waals surface area contributed by atoms with Crippen LogP contribution in [0, 0.1) is 5.92 Å². The molecule has 1 heterocycles. The minimum atomic E-state index is -5.47. The summed E-state index contributed by atoms with van der Waals surface area (Å²) in [6, 6.07) is 13.8. The van der Waals surface area contributed by atoms with Gasteiger partial charge in [-0.3, -0.25) is 23.6 Å². The highest BCUT2D eigenvalue weighted by molar-refractivity contribution is 7.88. The predicted octanol–water partition coefficient (Wildman–Crippen LogP) is 3.32. The number of nitrogens with zero attached hydrogens (tertiary/aromatic N) is 2. The number of Topliss-reactive ketones (excluding diaryl/α,β-unsaturated/α-hetero) is 1. The maximum absolute atomic E-state index is 14.3. The lowest BCUT2D eigenvalue weighted by molar-refractivity contribution is -0.187. The van der Waals surface area contributed by atoms with Crippen LogP contribution in [0.2, 0.25) is 0 Å². The third-order valence-electron chi connectivity index (χ3n) is 6.02. The van der Waals surface area contributed by atoms with Gasteiger partial charge in [0.05, 0.1) is 12.0 Å². The standard InChI is InChI=1S/C26H28F3N3O5S/c1-17(2)22-23(34)32(21(16-31(22)38(4,36)37)20-13-9-6-10-14-20)25(30-18(3)33,24(35)26(27,28)29)15-19-11-7-5-8-12-19/h5-14,16-17,22H,15H2,1-4H3,(H,30,33). The fraction of sp³-hybridized carbons (Fsp3) is 0.346. The molecule has 8 nitrogen and oxygen atoms in total. The van der Waals surface area contributed by atoms with Gasteiger partial charge in [-0.15, -0.1) is 0 Å². The molecule has 0 spiro atoms. The molecule has 3 rings (SSSR count). The van der Waals surface area contributed by atoms with Crippen LogP contribution in [0.25, 0.3) is 5.70 Å². The van der Waals surface area contributed by atoms with Crippen molar-refractivity contribution in [3.8, 4) is 0 Å². The van der Waals surface area contributed by atoms with Crippen LogP contribution in [-0.4, -0.2) is 59.4 Å². The molecule has 0 fully saturated rings. The summed E-state index contributed by atoms with van der Waals surface area (Å²) in [6.45, 7) is 4.00. The topological polar surface area (TPSA) is 104 Å². The van der Waals surface area contributed by atoms with Crippen LogP contribution >= 0.6 is 0 Å². The number of hydrogen-bond donors (Lipinski definition) is 1. The quantitative estimate of drug-likeness (QED) is 0.542. The molecule has 0 bridgehead atoms. The molecule has 0 saturated heterocycles. The molecule has 0 aliphatic carbocycles. The zero-order valence-corrected chi connectivity index (χ0v) is 22.0. The lowest BCUT2D eigenvalue weighted by Crippen LogP contribution is -2.73. The molecule has 0 aromatic heterocycles. The normalized spacial score (nSPS) is 18.2. The van der Waals surface area contributed by atoms with Crippen molar-refractivity contribution in [3.05, 3.63) is 78.0 Å². The first kappa shape index (κ1) is 28.9. The average molecular weight is 552 g/mol. The number of amides is 2. The predicted molar refractivity (Wildman–Crippen MR) is 134 cm³/mol. The van der Waals surface area contributed by atoms with E-state index >= 15 is 0 Å². The van der Waals surface area contributed by atoms with E-state index in [4.69, 9.17) is 0 Å². The van der Waals surface area contributed by atoms with E-state index in [-0.39, 0.29) is 16.8 Å². The summed E-state index contributed by atoms with van der Waals surface area (Å²) in [5.74, 6) is -5.17. The molecule has 1 aliphatic heterocycles. The summed E-state index contributed by atoms with van der Waals surface area (Å²) in [5, 5.41) is 2.15. The highest BCUT2D eigenvalue weighted by Crippen LogP contribution is 2.40. The van der Waals surface area contributed by atoms with E-state index in [2.05, 4.69) is 5.32 Å². The molecule has 1 aliphatic rings. The number of carbonyl (C=O) groups excluding carboxylic acids is 3. The highest BCUT2D eigenvalue weighted by Gasteiger charge is 2.61. The molecular formula is C26H28F3N3O5S. The molecule has 0 radical (unpaired) electrons. The first-order chi connectivity index (χ1) is 17.6. The zero-order chi connectivity index (χ0) is 28.5. The number of rotatable bonds is 8. The Morgan fingerprint density at radius 3 is 1.97 bits per heavy atom. The van der Waals surface area contributed by atoms with E-state index in [0.717, 1.165) is 23.7 Å². The number of benzene rings is 2. The van der Waals surface area contributed by atoms with Crippen molar-refractivity contribution >= 4 is 33.3 Å². The minimum absolute atomic E-state index is 0.162. The molecule has 2 amide bonds. The van der Waals surface area contributed by atoms with Crippen molar-refractivity contribution in [3.63, 3.8) is 0 Å². The summed E-state index contributed by atoms with van der Waals surface area (Å²) in [5.41, 5.74) is -2.86. The largest absolute Gasteiger partial charge is 0.454 e. The van der Waals surface area contributed by atoms with Crippen LogP contribution in [0.4, 0.5) is 13.2 Å². The Labute approximate surface area is 219 Å². The lowest BCUT2D eigenvalue weighted by Gasteiger charge is -2.49. The summed E-state index contributed by atoms with van der Waals surface area (Å²) >= 11 is 0. The lowest BCUT2D eigenvalue weighted by atomic mass is 9.88. The maximum Gasteiger partial charge on any atom is 0.454 e. The van der Waals surface area contributed by atoms with Crippen molar-refractivity contribution in [2.45, 2.75) is 45.1 Å². The fourth-order valence-corrected chi connectivity index (χ4v) is 5.58. The molecule has 204 valence electrons. The molecule has 2 aromatic carbocycles. The Kier molecular flexibility index (Phi) is 8.06. The maximum atomic E-state index is 14.3. The number of nitrogens with one attached hydrogen (secondary N) is 1. The van der Waals surface area contributed by atoms with Crippen molar-refractivity contribution in [2.75, 3.05) is 6.26 Å². The highest BCUT2D eigenvalue weighted by atomic mass is 32.2. The number of sulfonamides is 1. The van der Waals surface area contributed by atoms with E-state index in [1.54, 1.807) is 36.4 Å². The average Bonchev–Trinajstić information content (AvgIpc) is 2.82. The van der Waals surface area contributed by atoms with Crippen molar-refractivity contribution in [1.82, 2.24) is 14.5 Å². The first-order valence-corrected chi connectivity index (χ1v) is 13.5. The fourth-order valence-electron chi connectivity index (χ4n) is 4.54. The number of hydrogen-bond acceptors (Lipinski definition) is 5. The van der Waals surface area contributed by atoms with Gasteiger partial charge >= 0.3 is 6.18 Å². The van der Waals surface area contributed by atoms with Gasteiger partial charge in [0, 0.05) is 19.5 Å². The van der Waals surface area contributed by atoms with Gasteiger partial charge in [0.2, 0.25) is 15.9 Å². The monoisotopic (exact) mass is 551 g/mol. The molecule has 2 aromatic rings. The smallest absolute Gasteiger partial charge is 0.326 e. The van der Waals surface area contributed by atoms with Crippen molar-refractivity contribution in [1.29, 1.82) is 0 Å². The molecule has 2 atom stereocenters. The molecule has 0 saturated carbocycles. The summed E-state index contributed by atoms with van der Waals surface area (Å²) in [4.78, 5) is 40.5. The Morgan fingerprint density at radius 1 is 1.00 bits per heavy atom. The Morgan fingerprint density at radius 2 is 1.53 bits per heavy atom. The zero-order valence-electron chi connectivity index (χ0n) is 21.2. The molecule has 38 heavy (non-hydrogen) atoms. The molecule has 2 unspecified atom stereocenters. The first-order valence-electron chi connectivity index (χ1n) is 11.6. The Balaban J connectivity index is 2.47. The second-order valence-electron chi connectivity index (χ2n) is 9.37. The van der Waals surface area contributed by atoms with Gasteiger partial charge in [-0.25, -0.2) is 8.42 Å². The van der Waals surface area contributed by atoms with Gasteiger partial charge in [0.25, 0.3) is 11.7 Å². The van der Waals surface area contributed by atoms with Gasteiger partial charge < -0.3 is 5.32 Å². The Hall–Kier alpha value is -3.67. The van der Waals surface area contributed by atoms with E-state index in [1.807, 2.05) is 0 Å². The minimum Gasteiger partial charge on any atom is -0.326 e. The number of alkyl halides is 3. The molecule has 12 heteroatoms. The Bertz CT molecular complexity index is 1350. The van der Waals surface area contributed by atoms with Crippen LogP contribution in [0.15, 0.2) is 66.9 Å². The van der Waals surface area contributed by atoms with Crippen molar-refractivity contribution in [2.24, 2.45) is 5.92 Å². The number of carbonyl (C=O) groups is 3. The van der Waals surface area contributed by atoms with Crippen LogP contribution in [0.1, 0.15) is 31.9 Å². The molecule has 1 N–H and O–H groups in total. The van der Waals surface area contributed by atoms with E-state index < -0.39 is 57.8 Å². The molecular weight excluding hydrogens is 523 g/mol. The van der Waals surface area contributed by atoms with Gasteiger partial charge in [-0.2, -0.15) is 13.2 Å². The van der Waals surface area contributed by atoms with Crippen LogP contribution in [0.5, 0.6) is 0 Å².